The number of hydrogen-bond acceptors (Lipinski definition) is 3. The smallest absolute Gasteiger partial charge is 0.207 e. The third-order valence-corrected chi connectivity index (χ3v) is 5.50. The molecule has 2 aromatic carbocycles. The predicted molar refractivity (Wildman–Crippen MR) is 90.4 cm³/mol. The highest BCUT2D eigenvalue weighted by molar-refractivity contribution is 7.92. The summed E-state index contributed by atoms with van der Waals surface area (Å²) in [7, 11) is -3.08. The van der Waals surface area contributed by atoms with Gasteiger partial charge in [-0.3, -0.25) is 0 Å². The normalized spacial score (nSPS) is 12.2. The number of rotatable bonds is 4. The number of benzene rings is 2. The van der Waals surface area contributed by atoms with Crippen LogP contribution in [0.15, 0.2) is 65.6 Å². The Morgan fingerprint density at radius 3 is 2.15 bits per heavy atom. The molecule has 0 atom stereocenters. The molecule has 27 heavy (non-hydrogen) atoms. The van der Waals surface area contributed by atoms with E-state index in [9.17, 15) is 26.0 Å². The fourth-order valence-corrected chi connectivity index (χ4v) is 3.53. The Hall–Kier alpha value is -2.88. The molecule has 3 rings (SSSR count). The van der Waals surface area contributed by atoms with E-state index >= 15 is 0 Å². The van der Waals surface area contributed by atoms with Crippen LogP contribution in [0.2, 0.25) is 0 Å². The monoisotopic (exact) mass is 399 g/mol. The van der Waals surface area contributed by atoms with Crippen molar-refractivity contribution < 1.29 is 26.0 Å². The average Bonchev–Trinajstić information content (AvgIpc) is 3.08. The second-order valence-electron chi connectivity index (χ2n) is 5.56. The van der Waals surface area contributed by atoms with Crippen LogP contribution >= 0.6 is 0 Å². The van der Waals surface area contributed by atoms with Gasteiger partial charge in [0.05, 0.1) is 10.6 Å². The van der Waals surface area contributed by atoms with Crippen LogP contribution in [0.1, 0.15) is 5.69 Å². The Morgan fingerprint density at radius 2 is 1.59 bits per heavy atom. The molecule has 0 fully saturated rings. The molecule has 1 heterocycles. The lowest BCUT2D eigenvalue weighted by Crippen LogP contribution is -2.38. The number of aromatic nitrogens is 2. The van der Waals surface area contributed by atoms with Crippen LogP contribution in [0.5, 0.6) is 0 Å². The van der Waals surface area contributed by atoms with Crippen molar-refractivity contribution in [3.05, 3.63) is 72.2 Å². The third kappa shape index (κ3) is 3.65. The standard InChI is InChI=1S/C17H13F4N3O2S/c1-23(27(25,26)14-5-3-2-4-6-14)24-15(11-16(22-24)17(19,20)21)12-7-9-13(18)10-8-12/h2-11H,1H3. The first kappa shape index (κ1) is 18.9. The van der Waals surface area contributed by atoms with Crippen molar-refractivity contribution in [1.82, 2.24) is 9.89 Å². The van der Waals surface area contributed by atoms with E-state index < -0.39 is 27.7 Å². The lowest BCUT2D eigenvalue weighted by atomic mass is 10.1. The predicted octanol–water partition coefficient (Wildman–Crippen LogP) is 3.66. The Labute approximate surface area is 152 Å². The minimum absolute atomic E-state index is 0.110. The zero-order valence-corrected chi connectivity index (χ0v) is 14.7. The maximum atomic E-state index is 13.2. The molecular weight excluding hydrogens is 386 g/mol. The minimum atomic E-state index is -4.78. The Kier molecular flexibility index (Phi) is 4.68. The molecular formula is C17H13F4N3O2S. The van der Waals surface area contributed by atoms with Gasteiger partial charge in [-0.15, -0.1) is 5.10 Å². The maximum absolute atomic E-state index is 13.2. The summed E-state index contributed by atoms with van der Waals surface area (Å²) in [4.78, 5) is 0.528. The van der Waals surface area contributed by atoms with E-state index in [-0.39, 0.29) is 16.2 Å². The fraction of sp³-hybridized carbons (Fsp3) is 0.118. The second-order valence-corrected chi connectivity index (χ2v) is 7.51. The van der Waals surface area contributed by atoms with Gasteiger partial charge < -0.3 is 0 Å². The summed E-state index contributed by atoms with van der Waals surface area (Å²) in [5.74, 6) is -0.578. The summed E-state index contributed by atoms with van der Waals surface area (Å²) in [6.07, 6.45) is -4.78. The van der Waals surface area contributed by atoms with Crippen molar-refractivity contribution in [1.29, 1.82) is 0 Å². The van der Waals surface area contributed by atoms with Crippen LogP contribution in [0, 0.1) is 5.82 Å². The first-order valence-corrected chi connectivity index (χ1v) is 9.02. The van der Waals surface area contributed by atoms with E-state index in [0.717, 1.165) is 19.2 Å². The van der Waals surface area contributed by atoms with Gasteiger partial charge in [0.15, 0.2) is 5.69 Å². The summed E-state index contributed by atoms with van der Waals surface area (Å²) in [5, 5.41) is 3.42. The fourth-order valence-electron chi connectivity index (χ4n) is 2.39. The summed E-state index contributed by atoms with van der Waals surface area (Å²) in [6.45, 7) is 0. The van der Waals surface area contributed by atoms with Crippen molar-refractivity contribution in [2.24, 2.45) is 0 Å². The molecule has 0 unspecified atom stereocenters. The highest BCUT2D eigenvalue weighted by Crippen LogP contribution is 2.32. The van der Waals surface area contributed by atoms with Crippen molar-refractivity contribution in [3.63, 3.8) is 0 Å². The molecule has 0 saturated heterocycles. The van der Waals surface area contributed by atoms with Crippen molar-refractivity contribution in [3.8, 4) is 11.3 Å². The lowest BCUT2D eigenvalue weighted by Gasteiger charge is -2.21. The van der Waals surface area contributed by atoms with Gasteiger partial charge in [0.1, 0.15) is 5.82 Å². The summed E-state index contributed by atoms with van der Waals surface area (Å²) in [5.41, 5.74) is -1.24. The molecule has 0 N–H and O–H groups in total. The van der Waals surface area contributed by atoms with Crippen molar-refractivity contribution in [2.75, 3.05) is 11.5 Å². The maximum Gasteiger partial charge on any atom is 0.435 e. The molecule has 0 radical (unpaired) electrons. The zero-order chi connectivity index (χ0) is 19.8. The Balaban J connectivity index is 2.16. The quantitative estimate of drug-likeness (QED) is 0.629. The molecule has 0 amide bonds. The van der Waals surface area contributed by atoms with Crippen molar-refractivity contribution in [2.45, 2.75) is 11.1 Å². The molecule has 0 bridgehead atoms. The molecule has 5 nitrogen and oxygen atoms in total. The first-order chi connectivity index (χ1) is 12.6. The minimum Gasteiger partial charge on any atom is -0.207 e. The number of alkyl halides is 3. The molecule has 0 aliphatic rings. The molecule has 10 heteroatoms. The van der Waals surface area contributed by atoms with Crippen LogP contribution in [0.4, 0.5) is 17.6 Å². The lowest BCUT2D eigenvalue weighted by molar-refractivity contribution is -0.141. The Bertz CT molecular complexity index is 1050. The van der Waals surface area contributed by atoms with Gasteiger partial charge in [-0.05, 0) is 42.5 Å². The number of halogens is 4. The highest BCUT2D eigenvalue weighted by Gasteiger charge is 2.36. The van der Waals surface area contributed by atoms with Gasteiger partial charge in [0.25, 0.3) is 10.0 Å². The zero-order valence-electron chi connectivity index (χ0n) is 13.9. The summed E-state index contributed by atoms with van der Waals surface area (Å²) >= 11 is 0. The van der Waals surface area contributed by atoms with E-state index in [4.69, 9.17) is 0 Å². The molecule has 1 aromatic heterocycles. The SMILES string of the molecule is CN(n1nc(C(F)(F)F)cc1-c1ccc(F)cc1)S(=O)(=O)c1ccccc1. The van der Waals surface area contributed by atoms with E-state index in [0.29, 0.717) is 15.3 Å². The van der Waals surface area contributed by atoms with Crippen LogP contribution in [0.25, 0.3) is 11.3 Å². The van der Waals surface area contributed by atoms with Crippen LogP contribution < -0.4 is 4.41 Å². The topological polar surface area (TPSA) is 55.2 Å². The molecule has 0 spiro atoms. The molecule has 0 aliphatic heterocycles. The van der Waals surface area contributed by atoms with Crippen molar-refractivity contribution >= 4 is 10.0 Å². The van der Waals surface area contributed by atoms with Crippen LogP contribution in [-0.4, -0.2) is 25.4 Å². The van der Waals surface area contributed by atoms with Gasteiger partial charge in [-0.25, -0.2) is 4.39 Å². The first-order valence-electron chi connectivity index (χ1n) is 7.58. The summed E-state index contributed by atoms with van der Waals surface area (Å²) < 4.78 is 78.7. The van der Waals surface area contributed by atoms with Gasteiger partial charge in [-0.2, -0.15) is 30.8 Å². The molecule has 3 aromatic rings. The summed E-state index contributed by atoms with van der Waals surface area (Å²) in [6, 6.07) is 12.5. The highest BCUT2D eigenvalue weighted by atomic mass is 32.2. The largest absolute Gasteiger partial charge is 0.435 e. The van der Waals surface area contributed by atoms with Crippen LogP contribution in [-0.2, 0) is 16.2 Å². The molecule has 142 valence electrons. The van der Waals surface area contributed by atoms with E-state index in [1.54, 1.807) is 6.07 Å². The van der Waals surface area contributed by atoms with Gasteiger partial charge in [0.2, 0.25) is 0 Å². The van der Waals surface area contributed by atoms with E-state index in [1.165, 1.54) is 36.4 Å². The second kappa shape index (κ2) is 6.69. The number of sulfonamides is 1. The number of hydrogen-bond donors (Lipinski definition) is 0. The Morgan fingerprint density at radius 1 is 1.00 bits per heavy atom. The van der Waals surface area contributed by atoms with Gasteiger partial charge in [-0.1, -0.05) is 18.2 Å². The molecule has 0 saturated carbocycles. The van der Waals surface area contributed by atoms with Crippen LogP contribution in [0.3, 0.4) is 0 Å². The number of nitrogens with zero attached hydrogens (tertiary/aromatic N) is 3. The van der Waals surface area contributed by atoms with E-state index in [1.807, 2.05) is 0 Å². The third-order valence-electron chi connectivity index (χ3n) is 3.78. The van der Waals surface area contributed by atoms with E-state index in [2.05, 4.69) is 5.10 Å². The van der Waals surface area contributed by atoms with Gasteiger partial charge >= 0.3 is 6.18 Å². The molecule has 0 aliphatic carbocycles. The van der Waals surface area contributed by atoms with Gasteiger partial charge in [0, 0.05) is 12.6 Å². The average molecular weight is 399 g/mol.